The molecule has 1 aromatic carbocycles. The number of carbonyl (C=O) groups excluding carboxylic acids is 1. The Labute approximate surface area is 161 Å². The summed E-state index contributed by atoms with van der Waals surface area (Å²) in [6.45, 7) is 2.75. The summed E-state index contributed by atoms with van der Waals surface area (Å²) in [7, 11) is 0.316. The predicted molar refractivity (Wildman–Crippen MR) is 103 cm³/mol. The van der Waals surface area contributed by atoms with E-state index < -0.39 is 10.0 Å². The molecule has 0 saturated carbocycles. The van der Waals surface area contributed by atoms with Crippen LogP contribution in [0.4, 0.5) is 0 Å². The van der Waals surface area contributed by atoms with Gasteiger partial charge in [0.1, 0.15) is 0 Å². The number of carbonyl (C=O) groups is 1. The summed E-state index contributed by atoms with van der Waals surface area (Å²) in [4.78, 5) is 14.1. The first-order valence-corrected chi connectivity index (χ1v) is 9.13. The number of halogens is 2. The lowest BCUT2D eigenvalue weighted by Crippen LogP contribution is -2.36. The predicted octanol–water partition coefficient (Wildman–Crippen LogP) is 0.462. The first-order chi connectivity index (χ1) is 10.9. The van der Waals surface area contributed by atoms with Crippen molar-refractivity contribution in [2.24, 2.45) is 0 Å². The molecule has 0 spiro atoms. The molecule has 25 heavy (non-hydrogen) atoms. The summed E-state index contributed by atoms with van der Waals surface area (Å²) in [6, 6.07) is 5.92. The highest BCUT2D eigenvalue weighted by Crippen LogP contribution is 2.12. The standard InChI is InChI=1S/C15H24N4O3S.2ClH/c1-19(2)10-9-17-15(20)12-3-5-14(6-4-12)23(21,22)18-13-7-8-16-11-13;;/h3-6,13,16,18H,7-11H2,1-2H3,(H,17,20);2*1H/t13-;;/m1../s1. The van der Waals surface area contributed by atoms with Gasteiger partial charge >= 0.3 is 0 Å². The van der Waals surface area contributed by atoms with Gasteiger partial charge in [-0.3, -0.25) is 4.79 Å². The van der Waals surface area contributed by atoms with Crippen molar-refractivity contribution in [2.75, 3.05) is 40.3 Å². The average molecular weight is 413 g/mol. The van der Waals surface area contributed by atoms with Crippen molar-refractivity contribution < 1.29 is 13.2 Å². The highest BCUT2D eigenvalue weighted by atomic mass is 35.5. The van der Waals surface area contributed by atoms with Gasteiger partial charge in [0, 0.05) is 31.2 Å². The van der Waals surface area contributed by atoms with Crippen LogP contribution in [-0.2, 0) is 10.0 Å². The minimum Gasteiger partial charge on any atom is -0.351 e. The number of hydrogen-bond donors (Lipinski definition) is 3. The molecule has 3 N–H and O–H groups in total. The Morgan fingerprint density at radius 1 is 1.24 bits per heavy atom. The lowest BCUT2D eigenvalue weighted by atomic mass is 10.2. The zero-order chi connectivity index (χ0) is 16.9. The topological polar surface area (TPSA) is 90.5 Å². The van der Waals surface area contributed by atoms with Crippen molar-refractivity contribution in [3.8, 4) is 0 Å². The molecule has 0 unspecified atom stereocenters. The summed E-state index contributed by atoms with van der Waals surface area (Å²) in [5.74, 6) is -0.205. The van der Waals surface area contributed by atoms with Crippen LogP contribution in [0.15, 0.2) is 29.2 Å². The SMILES string of the molecule is CN(C)CCNC(=O)c1ccc(S(=O)(=O)N[C@@H]2CCNC2)cc1.Cl.Cl. The van der Waals surface area contributed by atoms with Crippen molar-refractivity contribution in [3.05, 3.63) is 29.8 Å². The van der Waals surface area contributed by atoms with Crippen molar-refractivity contribution in [1.29, 1.82) is 0 Å². The molecule has 1 atom stereocenters. The molecule has 1 amide bonds. The lowest BCUT2D eigenvalue weighted by Gasteiger charge is -2.13. The molecule has 0 radical (unpaired) electrons. The van der Waals surface area contributed by atoms with Crippen LogP contribution >= 0.6 is 24.8 Å². The summed E-state index contributed by atoms with van der Waals surface area (Å²) >= 11 is 0. The Morgan fingerprint density at radius 2 is 1.88 bits per heavy atom. The maximum absolute atomic E-state index is 12.3. The lowest BCUT2D eigenvalue weighted by molar-refractivity contribution is 0.0951. The van der Waals surface area contributed by atoms with Crippen LogP contribution in [-0.4, -0.2) is 65.5 Å². The average Bonchev–Trinajstić information content (AvgIpc) is 2.99. The molecule has 1 saturated heterocycles. The Kier molecular flexibility index (Phi) is 10.6. The summed E-state index contributed by atoms with van der Waals surface area (Å²) in [6.07, 6.45) is 0.783. The fraction of sp³-hybridized carbons (Fsp3) is 0.533. The molecule has 1 aliphatic rings. The van der Waals surface area contributed by atoms with Crippen LogP contribution in [0.2, 0.25) is 0 Å². The monoisotopic (exact) mass is 412 g/mol. The summed E-state index contributed by atoms with van der Waals surface area (Å²) in [5, 5.41) is 5.91. The van der Waals surface area contributed by atoms with Gasteiger partial charge in [0.2, 0.25) is 10.0 Å². The van der Waals surface area contributed by atoms with E-state index in [9.17, 15) is 13.2 Å². The summed E-state index contributed by atoms with van der Waals surface area (Å²) in [5.41, 5.74) is 0.449. The normalized spacial score (nSPS) is 16.8. The summed E-state index contributed by atoms with van der Waals surface area (Å²) < 4.78 is 27.2. The van der Waals surface area contributed by atoms with Crippen LogP contribution < -0.4 is 15.4 Å². The number of benzene rings is 1. The maximum Gasteiger partial charge on any atom is 0.251 e. The van der Waals surface area contributed by atoms with E-state index in [0.29, 0.717) is 18.7 Å². The van der Waals surface area contributed by atoms with Gasteiger partial charge in [-0.05, 0) is 51.3 Å². The zero-order valence-corrected chi connectivity index (χ0v) is 16.8. The highest BCUT2D eigenvalue weighted by Gasteiger charge is 2.22. The first kappa shape index (κ1) is 24.1. The largest absolute Gasteiger partial charge is 0.351 e. The van der Waals surface area contributed by atoms with Gasteiger partial charge in [-0.2, -0.15) is 0 Å². The highest BCUT2D eigenvalue weighted by molar-refractivity contribution is 7.89. The van der Waals surface area contributed by atoms with Crippen molar-refractivity contribution in [2.45, 2.75) is 17.4 Å². The van der Waals surface area contributed by atoms with E-state index >= 15 is 0 Å². The van der Waals surface area contributed by atoms with Gasteiger partial charge in [0.05, 0.1) is 4.90 Å². The molecule has 1 aromatic rings. The molecule has 0 bridgehead atoms. The molecule has 1 aliphatic heterocycles. The van der Waals surface area contributed by atoms with Gasteiger partial charge in [-0.15, -0.1) is 24.8 Å². The second-order valence-electron chi connectivity index (χ2n) is 5.89. The molecular formula is C15H26Cl2N4O3S. The van der Waals surface area contributed by atoms with Crippen LogP contribution in [0, 0.1) is 0 Å². The van der Waals surface area contributed by atoms with Crippen molar-refractivity contribution >= 4 is 40.7 Å². The maximum atomic E-state index is 12.3. The van der Waals surface area contributed by atoms with Crippen LogP contribution in [0.1, 0.15) is 16.8 Å². The van der Waals surface area contributed by atoms with Crippen molar-refractivity contribution in [1.82, 2.24) is 20.3 Å². The molecule has 0 aromatic heterocycles. The zero-order valence-electron chi connectivity index (χ0n) is 14.3. The molecule has 0 aliphatic carbocycles. The van der Waals surface area contributed by atoms with Gasteiger partial charge < -0.3 is 15.5 Å². The number of sulfonamides is 1. The second kappa shape index (κ2) is 10.9. The molecule has 2 rings (SSSR count). The van der Waals surface area contributed by atoms with Crippen LogP contribution in [0.3, 0.4) is 0 Å². The molecular weight excluding hydrogens is 387 g/mol. The molecule has 7 nitrogen and oxygen atoms in total. The second-order valence-corrected chi connectivity index (χ2v) is 7.61. The Hall–Kier alpha value is -0.900. The Morgan fingerprint density at radius 3 is 2.40 bits per heavy atom. The van der Waals surface area contributed by atoms with E-state index in [1.807, 2.05) is 19.0 Å². The smallest absolute Gasteiger partial charge is 0.251 e. The van der Waals surface area contributed by atoms with Crippen LogP contribution in [0.5, 0.6) is 0 Å². The molecule has 1 fully saturated rings. The molecule has 1 heterocycles. The first-order valence-electron chi connectivity index (χ1n) is 7.64. The minimum atomic E-state index is -3.54. The van der Waals surface area contributed by atoms with Gasteiger partial charge in [0.25, 0.3) is 5.91 Å². The number of nitrogens with zero attached hydrogens (tertiary/aromatic N) is 1. The number of nitrogens with one attached hydrogen (secondary N) is 3. The molecule has 10 heteroatoms. The van der Waals surface area contributed by atoms with Gasteiger partial charge in [0.15, 0.2) is 0 Å². The number of rotatable bonds is 7. The van der Waals surface area contributed by atoms with E-state index in [4.69, 9.17) is 0 Å². The van der Waals surface area contributed by atoms with E-state index in [0.717, 1.165) is 19.5 Å². The third-order valence-electron chi connectivity index (χ3n) is 3.65. The quantitative estimate of drug-likeness (QED) is 0.605. The van der Waals surface area contributed by atoms with E-state index in [1.54, 1.807) is 0 Å². The van der Waals surface area contributed by atoms with Crippen LogP contribution in [0.25, 0.3) is 0 Å². The van der Waals surface area contributed by atoms with E-state index in [2.05, 4.69) is 15.4 Å². The van der Waals surface area contributed by atoms with Crippen molar-refractivity contribution in [3.63, 3.8) is 0 Å². The molecule has 144 valence electrons. The van der Waals surface area contributed by atoms with E-state index in [1.165, 1.54) is 24.3 Å². The number of hydrogen-bond acceptors (Lipinski definition) is 5. The number of likely N-dealkylation sites (N-methyl/N-ethyl adjacent to an activating group) is 1. The third kappa shape index (κ3) is 7.47. The third-order valence-corrected chi connectivity index (χ3v) is 5.19. The van der Waals surface area contributed by atoms with Gasteiger partial charge in [-0.25, -0.2) is 13.1 Å². The fourth-order valence-corrected chi connectivity index (χ4v) is 3.59. The Bertz CT molecular complexity index is 633. The minimum absolute atomic E-state index is 0. The van der Waals surface area contributed by atoms with Gasteiger partial charge in [-0.1, -0.05) is 0 Å². The Balaban J connectivity index is 0.00000288. The number of amides is 1. The fourth-order valence-electron chi connectivity index (χ4n) is 2.32. The van der Waals surface area contributed by atoms with E-state index in [-0.39, 0.29) is 41.7 Å².